The van der Waals surface area contributed by atoms with Crippen molar-refractivity contribution in [2.75, 3.05) is 0 Å². The van der Waals surface area contributed by atoms with Crippen LogP contribution in [0, 0.1) is 35.3 Å². The number of aryl methyl sites for hydroxylation is 1. The Labute approximate surface area is 207 Å². The fourth-order valence-corrected chi connectivity index (χ4v) is 3.66. The molecule has 0 bridgehead atoms. The number of unbranched alkanes of at least 4 members (excludes halogenated alkanes) is 1. The highest BCUT2D eigenvalue weighted by Gasteiger charge is 2.10. The smallest absolute Gasteiger partial charge is 0.387 e. The van der Waals surface area contributed by atoms with Crippen molar-refractivity contribution in [3.63, 3.8) is 0 Å². The first-order chi connectivity index (χ1) is 17.4. The molecule has 36 heavy (non-hydrogen) atoms. The van der Waals surface area contributed by atoms with Gasteiger partial charge in [0.1, 0.15) is 5.82 Å². The lowest BCUT2D eigenvalue weighted by Gasteiger charge is -2.05. The van der Waals surface area contributed by atoms with Crippen molar-refractivity contribution in [2.45, 2.75) is 32.8 Å². The molecule has 4 rings (SSSR count). The van der Waals surface area contributed by atoms with E-state index in [1.807, 2.05) is 18.2 Å². The van der Waals surface area contributed by atoms with Gasteiger partial charge in [-0.05, 0) is 72.3 Å². The Bertz CT molecular complexity index is 1500. The van der Waals surface area contributed by atoms with Crippen molar-refractivity contribution in [1.29, 1.82) is 0 Å². The van der Waals surface area contributed by atoms with Crippen LogP contribution in [0.4, 0.5) is 17.6 Å². The highest BCUT2D eigenvalue weighted by atomic mass is 19.3. The van der Waals surface area contributed by atoms with E-state index in [1.54, 1.807) is 24.3 Å². The predicted molar refractivity (Wildman–Crippen MR) is 134 cm³/mol. The number of hydrogen-bond acceptors (Lipinski definition) is 1. The summed E-state index contributed by atoms with van der Waals surface area (Å²) in [4.78, 5) is 0. The second kappa shape index (κ2) is 11.5. The van der Waals surface area contributed by atoms with Crippen molar-refractivity contribution in [3.8, 4) is 29.4 Å². The molecule has 0 atom stereocenters. The summed E-state index contributed by atoms with van der Waals surface area (Å²) in [5.74, 6) is 9.56. The molecular weight excluding hydrogens is 464 g/mol. The monoisotopic (exact) mass is 486 g/mol. The zero-order chi connectivity index (χ0) is 25.5. The second-order valence-corrected chi connectivity index (χ2v) is 8.19. The van der Waals surface area contributed by atoms with Crippen LogP contribution in [0.3, 0.4) is 0 Å². The maximum atomic E-state index is 15.1. The lowest BCUT2D eigenvalue weighted by Crippen LogP contribution is -2.03. The van der Waals surface area contributed by atoms with Gasteiger partial charge < -0.3 is 4.74 Å². The molecule has 0 amide bonds. The summed E-state index contributed by atoms with van der Waals surface area (Å²) in [5, 5.41) is 1.07. The molecule has 0 heterocycles. The summed E-state index contributed by atoms with van der Waals surface area (Å²) in [6, 6.07) is 20.1. The van der Waals surface area contributed by atoms with E-state index in [0.29, 0.717) is 10.8 Å². The first kappa shape index (κ1) is 24.9. The molecule has 0 aliphatic carbocycles. The molecule has 1 nitrogen and oxygen atoms in total. The summed E-state index contributed by atoms with van der Waals surface area (Å²) < 4.78 is 57.5. The lowest BCUT2D eigenvalue weighted by atomic mass is 10.0. The molecule has 0 radical (unpaired) electrons. The molecule has 0 aliphatic heterocycles. The molecule has 4 aromatic rings. The van der Waals surface area contributed by atoms with Gasteiger partial charge in [-0.25, -0.2) is 8.78 Å². The van der Waals surface area contributed by atoms with Crippen LogP contribution in [0.25, 0.3) is 10.8 Å². The molecular formula is C31H22F4O. The Morgan fingerprint density at radius 1 is 0.750 bits per heavy atom. The van der Waals surface area contributed by atoms with Crippen molar-refractivity contribution >= 4 is 10.8 Å². The van der Waals surface area contributed by atoms with Gasteiger partial charge in [-0.15, -0.1) is 0 Å². The lowest BCUT2D eigenvalue weighted by molar-refractivity contribution is -0.0521. The second-order valence-electron chi connectivity index (χ2n) is 8.19. The highest BCUT2D eigenvalue weighted by Crippen LogP contribution is 2.23. The molecule has 180 valence electrons. The molecule has 0 N–H and O–H groups in total. The molecule has 0 aliphatic rings. The highest BCUT2D eigenvalue weighted by molar-refractivity contribution is 5.86. The van der Waals surface area contributed by atoms with Crippen LogP contribution in [-0.4, -0.2) is 6.61 Å². The topological polar surface area (TPSA) is 9.23 Å². The molecule has 5 heteroatoms. The van der Waals surface area contributed by atoms with E-state index < -0.39 is 24.0 Å². The minimum Gasteiger partial charge on any atom is -0.432 e. The van der Waals surface area contributed by atoms with E-state index in [2.05, 4.69) is 47.5 Å². The maximum Gasteiger partial charge on any atom is 0.387 e. The van der Waals surface area contributed by atoms with Crippen LogP contribution in [-0.2, 0) is 6.42 Å². The average Bonchev–Trinajstić information content (AvgIpc) is 2.87. The van der Waals surface area contributed by atoms with Crippen LogP contribution in [0.1, 0.15) is 47.6 Å². The number of rotatable bonds is 5. The zero-order valence-corrected chi connectivity index (χ0v) is 19.5. The third-order valence-corrected chi connectivity index (χ3v) is 5.57. The Hall–Kier alpha value is -4.22. The van der Waals surface area contributed by atoms with Gasteiger partial charge in [-0.2, -0.15) is 8.78 Å². The minimum absolute atomic E-state index is 0.137. The maximum absolute atomic E-state index is 15.1. The Morgan fingerprint density at radius 3 is 2.14 bits per heavy atom. The quantitative estimate of drug-likeness (QED) is 0.206. The number of ether oxygens (including phenoxy) is 1. The number of benzene rings is 4. The van der Waals surface area contributed by atoms with Crippen LogP contribution in [0.2, 0.25) is 0 Å². The van der Waals surface area contributed by atoms with Crippen molar-refractivity contribution < 1.29 is 22.3 Å². The van der Waals surface area contributed by atoms with Gasteiger partial charge in [0, 0.05) is 22.1 Å². The fraction of sp³-hybridized carbons (Fsp3) is 0.161. The van der Waals surface area contributed by atoms with E-state index in [1.165, 1.54) is 11.6 Å². The Kier molecular flexibility index (Phi) is 7.93. The van der Waals surface area contributed by atoms with Gasteiger partial charge in [0.05, 0.1) is 5.56 Å². The van der Waals surface area contributed by atoms with Gasteiger partial charge in [-0.3, -0.25) is 0 Å². The van der Waals surface area contributed by atoms with Crippen LogP contribution in [0.5, 0.6) is 5.75 Å². The minimum atomic E-state index is -3.13. The number of halogens is 4. The fourth-order valence-electron chi connectivity index (χ4n) is 3.66. The van der Waals surface area contributed by atoms with E-state index in [4.69, 9.17) is 0 Å². The molecule has 0 spiro atoms. The van der Waals surface area contributed by atoms with Gasteiger partial charge in [0.25, 0.3) is 0 Å². The molecule has 0 saturated heterocycles. The average molecular weight is 487 g/mol. The number of alkyl halides is 2. The molecule has 0 fully saturated rings. The van der Waals surface area contributed by atoms with Crippen LogP contribution < -0.4 is 4.74 Å². The van der Waals surface area contributed by atoms with Crippen molar-refractivity contribution in [3.05, 3.63) is 112 Å². The van der Waals surface area contributed by atoms with E-state index in [0.717, 1.165) is 42.5 Å². The normalized spacial score (nSPS) is 10.5. The van der Waals surface area contributed by atoms with Gasteiger partial charge in [0.2, 0.25) is 0 Å². The van der Waals surface area contributed by atoms with E-state index in [-0.39, 0.29) is 11.1 Å². The molecule has 4 aromatic carbocycles. The van der Waals surface area contributed by atoms with E-state index >= 15 is 4.39 Å². The third kappa shape index (κ3) is 6.26. The first-order valence-electron chi connectivity index (χ1n) is 11.5. The molecule has 0 unspecified atom stereocenters. The summed E-state index contributed by atoms with van der Waals surface area (Å²) in [5.41, 5.74) is 3.32. The first-order valence-corrected chi connectivity index (χ1v) is 11.5. The van der Waals surface area contributed by atoms with Gasteiger partial charge in [0.15, 0.2) is 11.6 Å². The standard InChI is InChI=1S/C31H22F4O/c1-2-3-4-21-5-7-22(8-6-21)9-10-23-12-17-27-26(19-23)16-15-25(30(27)33)14-11-24-13-18-29(28(32)20-24)36-31(34)35/h5-8,12-13,15-20,31H,2-4H2,1H3. The van der Waals surface area contributed by atoms with Crippen LogP contribution in [0.15, 0.2) is 72.8 Å². The Balaban J connectivity index is 1.53. The molecule has 0 saturated carbocycles. The van der Waals surface area contributed by atoms with Crippen LogP contribution >= 0.6 is 0 Å². The SMILES string of the molecule is CCCCc1ccc(C#Cc2ccc3c(F)c(C#Cc4ccc(OC(F)F)c(F)c4)ccc3c2)cc1. The number of fused-ring (bicyclic) bond motifs is 1. The number of hydrogen-bond donors (Lipinski definition) is 0. The summed E-state index contributed by atoms with van der Waals surface area (Å²) in [6.07, 6.45) is 3.39. The summed E-state index contributed by atoms with van der Waals surface area (Å²) in [7, 11) is 0. The van der Waals surface area contributed by atoms with Crippen molar-refractivity contribution in [2.24, 2.45) is 0 Å². The largest absolute Gasteiger partial charge is 0.432 e. The summed E-state index contributed by atoms with van der Waals surface area (Å²) >= 11 is 0. The van der Waals surface area contributed by atoms with Gasteiger partial charge in [-0.1, -0.05) is 61.3 Å². The predicted octanol–water partition coefficient (Wildman–Crippen LogP) is 7.86. The third-order valence-electron chi connectivity index (χ3n) is 5.57. The van der Waals surface area contributed by atoms with Gasteiger partial charge >= 0.3 is 6.61 Å². The Morgan fingerprint density at radius 2 is 1.42 bits per heavy atom. The van der Waals surface area contributed by atoms with Crippen molar-refractivity contribution in [1.82, 2.24) is 0 Å². The summed E-state index contributed by atoms with van der Waals surface area (Å²) in [6.45, 7) is -0.957. The molecule has 0 aromatic heterocycles. The van der Waals surface area contributed by atoms with E-state index in [9.17, 15) is 13.2 Å². The zero-order valence-electron chi connectivity index (χ0n) is 19.5.